The zero-order valence-corrected chi connectivity index (χ0v) is 11.2. The largest absolute Gasteiger partial charge is 0.396 e. The fourth-order valence-electron chi connectivity index (χ4n) is 1.66. The molecule has 0 aliphatic heterocycles. The Kier molecular flexibility index (Phi) is 4.86. The molecule has 0 amide bonds. The highest BCUT2D eigenvalue weighted by Crippen LogP contribution is 2.15. The highest BCUT2D eigenvalue weighted by Gasteiger charge is 2.06. The molecule has 18 heavy (non-hydrogen) atoms. The fraction of sp³-hybridized carbons (Fsp3) is 0.500. The molecule has 0 aliphatic carbocycles. The molecule has 1 unspecified atom stereocenters. The van der Waals surface area contributed by atoms with E-state index < -0.39 is 0 Å². The van der Waals surface area contributed by atoms with Gasteiger partial charge < -0.3 is 10.4 Å². The summed E-state index contributed by atoms with van der Waals surface area (Å²) in [5.74, 6) is 0. The highest BCUT2D eigenvalue weighted by molar-refractivity contribution is 7.07. The molecule has 6 heteroatoms. The summed E-state index contributed by atoms with van der Waals surface area (Å²) in [6.07, 6.45) is 2.63. The number of aryl methyl sites for hydroxylation is 1. The van der Waals surface area contributed by atoms with E-state index in [9.17, 15) is 0 Å². The summed E-state index contributed by atoms with van der Waals surface area (Å²) in [7, 11) is 0. The Morgan fingerprint density at radius 2 is 2.44 bits per heavy atom. The summed E-state index contributed by atoms with van der Waals surface area (Å²) < 4.78 is 1.77. The molecule has 2 aromatic heterocycles. The summed E-state index contributed by atoms with van der Waals surface area (Å²) in [5.41, 5.74) is 2.22. The van der Waals surface area contributed by atoms with E-state index in [1.165, 1.54) is 5.56 Å². The minimum atomic E-state index is 0.183. The van der Waals surface area contributed by atoms with Crippen LogP contribution in [0.1, 0.15) is 30.6 Å². The maximum atomic E-state index is 8.74. The zero-order valence-electron chi connectivity index (χ0n) is 10.4. The number of hydrogen-bond donors (Lipinski definition) is 2. The zero-order chi connectivity index (χ0) is 12.8. The van der Waals surface area contributed by atoms with Crippen LogP contribution in [0.2, 0.25) is 0 Å². The SMILES string of the molecule is CC(NCc1cn(CCCO)nn1)c1ccsc1. The number of aliphatic hydroxyl groups excluding tert-OH is 1. The number of rotatable bonds is 7. The Bertz CT molecular complexity index is 454. The first kappa shape index (κ1) is 13.2. The normalized spacial score (nSPS) is 12.8. The lowest BCUT2D eigenvalue weighted by Crippen LogP contribution is -2.17. The molecular formula is C12H18N4OS. The molecule has 0 aliphatic rings. The predicted octanol–water partition coefficient (Wildman–Crippen LogP) is 1.57. The van der Waals surface area contributed by atoms with Gasteiger partial charge in [0.25, 0.3) is 0 Å². The van der Waals surface area contributed by atoms with E-state index in [0.29, 0.717) is 25.6 Å². The molecule has 0 aromatic carbocycles. The van der Waals surface area contributed by atoms with Crippen LogP contribution in [0.5, 0.6) is 0 Å². The second-order valence-electron chi connectivity index (χ2n) is 4.21. The summed E-state index contributed by atoms with van der Waals surface area (Å²) in [6.45, 7) is 3.74. The number of nitrogens with zero attached hydrogens (tertiary/aromatic N) is 3. The summed E-state index contributed by atoms with van der Waals surface area (Å²) in [6, 6.07) is 2.44. The summed E-state index contributed by atoms with van der Waals surface area (Å²) >= 11 is 1.71. The van der Waals surface area contributed by atoms with Gasteiger partial charge in [-0.15, -0.1) is 5.10 Å². The summed E-state index contributed by atoms with van der Waals surface area (Å²) in [4.78, 5) is 0. The van der Waals surface area contributed by atoms with Crippen molar-refractivity contribution in [3.63, 3.8) is 0 Å². The van der Waals surface area contributed by atoms with E-state index in [1.54, 1.807) is 16.0 Å². The first-order valence-electron chi connectivity index (χ1n) is 6.05. The molecule has 2 heterocycles. The molecule has 0 fully saturated rings. The molecular weight excluding hydrogens is 248 g/mol. The molecule has 2 aromatic rings. The molecule has 0 radical (unpaired) electrons. The Balaban J connectivity index is 1.81. The van der Waals surface area contributed by atoms with E-state index in [0.717, 1.165) is 5.69 Å². The van der Waals surface area contributed by atoms with Gasteiger partial charge in [-0.1, -0.05) is 5.21 Å². The van der Waals surface area contributed by atoms with Crippen molar-refractivity contribution in [1.29, 1.82) is 0 Å². The van der Waals surface area contributed by atoms with Crippen LogP contribution in [0.15, 0.2) is 23.0 Å². The van der Waals surface area contributed by atoms with Crippen molar-refractivity contribution in [3.05, 3.63) is 34.3 Å². The minimum absolute atomic E-state index is 0.183. The molecule has 2 rings (SSSR count). The van der Waals surface area contributed by atoms with Crippen molar-refractivity contribution in [2.24, 2.45) is 0 Å². The Morgan fingerprint density at radius 1 is 1.56 bits per heavy atom. The van der Waals surface area contributed by atoms with Crippen LogP contribution in [0.25, 0.3) is 0 Å². The molecule has 0 saturated carbocycles. The van der Waals surface area contributed by atoms with Gasteiger partial charge >= 0.3 is 0 Å². The highest BCUT2D eigenvalue weighted by atomic mass is 32.1. The monoisotopic (exact) mass is 266 g/mol. The molecule has 0 spiro atoms. The van der Waals surface area contributed by atoms with Crippen molar-refractivity contribution in [2.75, 3.05) is 6.61 Å². The van der Waals surface area contributed by atoms with Gasteiger partial charge in [0.05, 0.1) is 5.69 Å². The van der Waals surface area contributed by atoms with E-state index in [1.807, 2.05) is 6.20 Å². The first-order chi connectivity index (χ1) is 8.79. The third-order valence-corrected chi connectivity index (χ3v) is 3.47. The number of aliphatic hydroxyl groups is 1. The van der Waals surface area contributed by atoms with Crippen molar-refractivity contribution in [2.45, 2.75) is 32.5 Å². The molecule has 1 atom stereocenters. The van der Waals surface area contributed by atoms with Crippen molar-refractivity contribution >= 4 is 11.3 Å². The van der Waals surface area contributed by atoms with Gasteiger partial charge in [-0.3, -0.25) is 4.68 Å². The van der Waals surface area contributed by atoms with Crippen LogP contribution in [0.4, 0.5) is 0 Å². The van der Waals surface area contributed by atoms with E-state index >= 15 is 0 Å². The maximum Gasteiger partial charge on any atom is 0.0965 e. The van der Waals surface area contributed by atoms with Gasteiger partial charge in [0.2, 0.25) is 0 Å². The fourth-order valence-corrected chi connectivity index (χ4v) is 2.41. The molecule has 98 valence electrons. The molecule has 0 bridgehead atoms. The van der Waals surface area contributed by atoms with Gasteiger partial charge in [0, 0.05) is 31.9 Å². The van der Waals surface area contributed by atoms with Gasteiger partial charge in [-0.2, -0.15) is 11.3 Å². The quantitative estimate of drug-likeness (QED) is 0.798. The number of nitrogens with one attached hydrogen (secondary N) is 1. The molecule has 5 nitrogen and oxygen atoms in total. The molecule has 0 saturated heterocycles. The lowest BCUT2D eigenvalue weighted by Gasteiger charge is -2.10. The third-order valence-electron chi connectivity index (χ3n) is 2.76. The number of aromatic nitrogens is 3. The Hall–Kier alpha value is -1.24. The van der Waals surface area contributed by atoms with Crippen molar-refractivity contribution in [1.82, 2.24) is 20.3 Å². The third kappa shape index (κ3) is 3.63. The summed E-state index contributed by atoms with van der Waals surface area (Å²) in [5, 5.41) is 24.5. The second kappa shape index (κ2) is 6.63. The second-order valence-corrected chi connectivity index (χ2v) is 4.99. The first-order valence-corrected chi connectivity index (χ1v) is 6.99. The van der Waals surface area contributed by atoms with Gasteiger partial charge in [-0.25, -0.2) is 0 Å². The number of thiophene rings is 1. The topological polar surface area (TPSA) is 63.0 Å². The van der Waals surface area contributed by atoms with Crippen LogP contribution in [-0.4, -0.2) is 26.7 Å². The van der Waals surface area contributed by atoms with Gasteiger partial charge in [-0.05, 0) is 35.7 Å². The van der Waals surface area contributed by atoms with E-state index in [-0.39, 0.29) is 6.61 Å². The maximum absolute atomic E-state index is 8.74. The van der Waals surface area contributed by atoms with Crippen molar-refractivity contribution in [3.8, 4) is 0 Å². The average molecular weight is 266 g/mol. The minimum Gasteiger partial charge on any atom is -0.396 e. The van der Waals surface area contributed by atoms with E-state index in [4.69, 9.17) is 5.11 Å². The van der Waals surface area contributed by atoms with Crippen LogP contribution < -0.4 is 5.32 Å². The van der Waals surface area contributed by atoms with Gasteiger partial charge in [0.1, 0.15) is 0 Å². The smallest absolute Gasteiger partial charge is 0.0965 e. The number of hydrogen-bond acceptors (Lipinski definition) is 5. The lowest BCUT2D eigenvalue weighted by molar-refractivity contribution is 0.276. The Labute approximate surface area is 110 Å². The van der Waals surface area contributed by atoms with Crippen LogP contribution in [-0.2, 0) is 13.1 Å². The van der Waals surface area contributed by atoms with Crippen LogP contribution >= 0.6 is 11.3 Å². The molecule has 2 N–H and O–H groups in total. The van der Waals surface area contributed by atoms with Crippen molar-refractivity contribution < 1.29 is 5.11 Å². The average Bonchev–Trinajstić information content (AvgIpc) is 3.04. The van der Waals surface area contributed by atoms with E-state index in [2.05, 4.69) is 39.4 Å². The van der Waals surface area contributed by atoms with Crippen LogP contribution in [0, 0.1) is 0 Å². The van der Waals surface area contributed by atoms with Gasteiger partial charge in [0.15, 0.2) is 0 Å². The van der Waals surface area contributed by atoms with Crippen LogP contribution in [0.3, 0.4) is 0 Å². The lowest BCUT2D eigenvalue weighted by atomic mass is 10.2. The Morgan fingerprint density at radius 3 is 3.17 bits per heavy atom. The predicted molar refractivity (Wildman–Crippen MR) is 71.3 cm³/mol. The standard InChI is InChI=1S/C12H18N4OS/c1-10(11-3-6-18-9-11)13-7-12-8-16(15-14-12)4-2-5-17/h3,6,8-10,13,17H,2,4-5,7H2,1H3.